The molecule has 0 aliphatic rings. The van der Waals surface area contributed by atoms with Gasteiger partial charge in [0.1, 0.15) is 0 Å². The summed E-state index contributed by atoms with van der Waals surface area (Å²) in [4.78, 5) is 11.4. The predicted molar refractivity (Wildman–Crippen MR) is 84.4 cm³/mol. The third kappa shape index (κ3) is 3.37. The summed E-state index contributed by atoms with van der Waals surface area (Å²) >= 11 is 6.28. The molecule has 1 unspecified atom stereocenters. The smallest absolute Gasteiger partial charge is 0.333 e. The van der Waals surface area contributed by atoms with Crippen molar-refractivity contribution < 1.29 is 14.6 Å². The molecule has 0 aliphatic heterocycles. The van der Waals surface area contributed by atoms with E-state index in [2.05, 4.69) is 16.4 Å². The number of hydrogen-bond acceptors (Lipinski definition) is 4. The molecule has 1 N–H and O–H groups in total. The van der Waals surface area contributed by atoms with Crippen LogP contribution in [0.15, 0.2) is 42.7 Å². The fourth-order valence-corrected chi connectivity index (χ4v) is 2.54. The third-order valence-corrected chi connectivity index (χ3v) is 3.63. The molecule has 0 bridgehead atoms. The van der Waals surface area contributed by atoms with Crippen LogP contribution in [0.25, 0.3) is 11.1 Å². The number of aliphatic hydroxyl groups is 1. The van der Waals surface area contributed by atoms with Gasteiger partial charge in [-0.15, -0.1) is 0 Å². The highest BCUT2D eigenvalue weighted by molar-refractivity contribution is 6.33. The number of carbonyl (C=O) groups is 1. The molecule has 1 atom stereocenters. The molecule has 1 aromatic heterocycles. The monoisotopic (exact) mass is 320 g/mol. The molecule has 0 saturated carbocycles. The molecule has 1 aromatic carbocycles. The molecule has 0 saturated heterocycles. The molecule has 0 radical (unpaired) electrons. The first-order valence-electron chi connectivity index (χ1n) is 6.65. The molecule has 0 amide bonds. The molecule has 0 aliphatic carbocycles. The number of nitrogens with zero attached hydrogens (tertiary/aromatic N) is 2. The van der Waals surface area contributed by atoms with Crippen LogP contribution >= 0.6 is 11.6 Å². The Balaban J connectivity index is 2.37. The van der Waals surface area contributed by atoms with Crippen LogP contribution in [0.2, 0.25) is 5.02 Å². The van der Waals surface area contributed by atoms with Crippen LogP contribution < -0.4 is 0 Å². The van der Waals surface area contributed by atoms with Crippen molar-refractivity contribution in [3.05, 3.63) is 53.3 Å². The first-order valence-corrected chi connectivity index (χ1v) is 7.03. The van der Waals surface area contributed by atoms with Gasteiger partial charge in [0.15, 0.2) is 0 Å². The lowest BCUT2D eigenvalue weighted by molar-refractivity contribution is -0.136. The van der Waals surface area contributed by atoms with Crippen molar-refractivity contribution in [1.29, 1.82) is 0 Å². The van der Waals surface area contributed by atoms with E-state index in [4.69, 9.17) is 11.6 Å². The van der Waals surface area contributed by atoms with Crippen molar-refractivity contribution in [1.82, 2.24) is 9.78 Å². The molecule has 0 spiro atoms. The minimum absolute atomic E-state index is 0.0697. The highest BCUT2D eigenvalue weighted by Gasteiger charge is 2.20. The van der Waals surface area contributed by atoms with Crippen molar-refractivity contribution in [2.75, 3.05) is 7.11 Å². The highest BCUT2D eigenvalue weighted by Crippen LogP contribution is 2.36. The normalized spacial score (nSPS) is 12.0. The summed E-state index contributed by atoms with van der Waals surface area (Å²) in [5.74, 6) is -0.538. The number of aromatic nitrogens is 2. The van der Waals surface area contributed by atoms with Crippen molar-refractivity contribution in [2.24, 2.45) is 7.05 Å². The minimum Gasteiger partial charge on any atom is -0.466 e. The number of esters is 1. The van der Waals surface area contributed by atoms with E-state index in [1.807, 2.05) is 6.20 Å². The number of methoxy groups -OCH3 is 1. The zero-order valence-electron chi connectivity index (χ0n) is 12.4. The van der Waals surface area contributed by atoms with E-state index in [0.717, 1.165) is 5.56 Å². The second-order valence-electron chi connectivity index (χ2n) is 4.92. The fraction of sp³-hybridized carbons (Fsp3) is 0.250. The summed E-state index contributed by atoms with van der Waals surface area (Å²) in [6, 6.07) is 5.26. The van der Waals surface area contributed by atoms with Gasteiger partial charge in [-0.05, 0) is 11.6 Å². The second kappa shape index (κ2) is 6.77. The summed E-state index contributed by atoms with van der Waals surface area (Å²) in [5.41, 5.74) is 2.31. The average molecular weight is 321 g/mol. The first kappa shape index (κ1) is 16.3. The average Bonchev–Trinajstić information content (AvgIpc) is 2.91. The van der Waals surface area contributed by atoms with Crippen molar-refractivity contribution in [2.45, 2.75) is 12.5 Å². The largest absolute Gasteiger partial charge is 0.466 e. The topological polar surface area (TPSA) is 64.4 Å². The Labute approximate surface area is 133 Å². The van der Waals surface area contributed by atoms with Gasteiger partial charge >= 0.3 is 5.97 Å². The van der Waals surface area contributed by atoms with E-state index in [9.17, 15) is 9.90 Å². The van der Waals surface area contributed by atoms with Crippen molar-refractivity contribution >= 4 is 17.6 Å². The van der Waals surface area contributed by atoms with E-state index >= 15 is 0 Å². The molecule has 116 valence electrons. The van der Waals surface area contributed by atoms with Gasteiger partial charge in [-0.25, -0.2) is 4.79 Å². The fourth-order valence-electron chi connectivity index (χ4n) is 2.24. The maximum absolute atomic E-state index is 11.4. The Morgan fingerprint density at radius 1 is 1.55 bits per heavy atom. The molecule has 2 aromatic rings. The molecular formula is C16H17ClN2O3. The summed E-state index contributed by atoms with van der Waals surface area (Å²) in [7, 11) is 3.08. The van der Waals surface area contributed by atoms with Crippen molar-refractivity contribution in [3.63, 3.8) is 0 Å². The molecule has 1 heterocycles. The van der Waals surface area contributed by atoms with Gasteiger partial charge in [0.2, 0.25) is 0 Å². The molecule has 2 rings (SSSR count). The van der Waals surface area contributed by atoms with E-state index in [1.54, 1.807) is 36.1 Å². The Bertz CT molecular complexity index is 709. The number of benzene rings is 1. The van der Waals surface area contributed by atoms with Gasteiger partial charge in [-0.3, -0.25) is 4.68 Å². The first-order chi connectivity index (χ1) is 10.4. The van der Waals surface area contributed by atoms with E-state index in [-0.39, 0.29) is 12.0 Å². The Morgan fingerprint density at radius 3 is 2.86 bits per heavy atom. The Kier molecular flexibility index (Phi) is 5.00. The molecular weight excluding hydrogens is 304 g/mol. The standard InChI is InChI=1S/C16H17ClN2O3/c1-10(16(21)22-3)7-14(20)12-5-4-6-13(17)15(12)11-8-18-19(2)9-11/h4-6,8-9,14,20H,1,7H2,2-3H3. The van der Waals surface area contributed by atoms with E-state index in [1.165, 1.54) is 7.11 Å². The van der Waals surface area contributed by atoms with Crippen LogP contribution in [-0.4, -0.2) is 28.0 Å². The third-order valence-electron chi connectivity index (χ3n) is 3.31. The lowest BCUT2D eigenvalue weighted by Gasteiger charge is -2.16. The predicted octanol–water partition coefficient (Wildman–Crippen LogP) is 2.89. The van der Waals surface area contributed by atoms with E-state index < -0.39 is 12.1 Å². The van der Waals surface area contributed by atoms with Gasteiger partial charge in [0, 0.05) is 41.4 Å². The maximum atomic E-state index is 11.4. The van der Waals surface area contributed by atoms with Crippen LogP contribution in [0.4, 0.5) is 0 Å². The minimum atomic E-state index is -0.916. The summed E-state index contributed by atoms with van der Waals surface area (Å²) < 4.78 is 6.26. The number of ether oxygens (including phenoxy) is 1. The van der Waals surface area contributed by atoms with Gasteiger partial charge < -0.3 is 9.84 Å². The Hall–Kier alpha value is -2.11. The quantitative estimate of drug-likeness (QED) is 0.679. The van der Waals surface area contributed by atoms with Crippen LogP contribution in [0.5, 0.6) is 0 Å². The zero-order chi connectivity index (χ0) is 16.3. The lowest BCUT2D eigenvalue weighted by atomic mass is 9.94. The Morgan fingerprint density at radius 2 is 2.27 bits per heavy atom. The SMILES string of the molecule is C=C(CC(O)c1cccc(Cl)c1-c1cnn(C)c1)C(=O)OC. The molecule has 22 heavy (non-hydrogen) atoms. The zero-order valence-corrected chi connectivity index (χ0v) is 13.2. The van der Waals surface area contributed by atoms with Gasteiger partial charge in [0.25, 0.3) is 0 Å². The molecule has 0 fully saturated rings. The van der Waals surface area contributed by atoms with Crippen molar-refractivity contribution in [3.8, 4) is 11.1 Å². The summed E-state index contributed by atoms with van der Waals surface area (Å²) in [6.07, 6.45) is 2.64. The molecule has 5 nitrogen and oxygen atoms in total. The summed E-state index contributed by atoms with van der Waals surface area (Å²) in [5, 5.41) is 15.1. The second-order valence-corrected chi connectivity index (χ2v) is 5.33. The van der Waals surface area contributed by atoms with Crippen LogP contribution in [0, 0.1) is 0 Å². The van der Waals surface area contributed by atoms with Crippen LogP contribution in [0.3, 0.4) is 0 Å². The number of halogens is 1. The van der Waals surface area contributed by atoms with E-state index in [0.29, 0.717) is 16.1 Å². The summed E-state index contributed by atoms with van der Waals surface area (Å²) in [6.45, 7) is 3.64. The van der Waals surface area contributed by atoms with Gasteiger partial charge in [-0.2, -0.15) is 5.10 Å². The lowest BCUT2D eigenvalue weighted by Crippen LogP contribution is -2.09. The number of carbonyl (C=O) groups excluding carboxylic acids is 1. The number of aliphatic hydroxyl groups excluding tert-OH is 1. The van der Waals surface area contributed by atoms with Crippen LogP contribution in [-0.2, 0) is 16.6 Å². The van der Waals surface area contributed by atoms with Gasteiger partial charge in [-0.1, -0.05) is 30.3 Å². The highest BCUT2D eigenvalue weighted by atomic mass is 35.5. The number of rotatable bonds is 5. The maximum Gasteiger partial charge on any atom is 0.333 e. The van der Waals surface area contributed by atoms with Gasteiger partial charge in [0.05, 0.1) is 19.4 Å². The molecule has 6 heteroatoms. The number of aryl methyl sites for hydroxylation is 1. The number of hydrogen-bond donors (Lipinski definition) is 1. The van der Waals surface area contributed by atoms with Crippen LogP contribution in [0.1, 0.15) is 18.1 Å².